The van der Waals surface area contributed by atoms with Crippen molar-refractivity contribution in [2.75, 3.05) is 0 Å². The number of ketones is 1. The van der Waals surface area contributed by atoms with Crippen LogP contribution >= 0.6 is 0 Å². The van der Waals surface area contributed by atoms with Crippen LogP contribution in [0.2, 0.25) is 0 Å². The second-order valence-electron chi connectivity index (χ2n) is 15.0. The minimum atomic E-state index is -0.624. The molecule has 5 aliphatic carbocycles. The van der Waals surface area contributed by atoms with Crippen molar-refractivity contribution in [3.05, 3.63) is 11.6 Å². The number of allylic oxidation sites excluding steroid dienone is 2. The third-order valence-electron chi connectivity index (χ3n) is 12.7. The fraction of sp³-hybridized carbons (Fsp3) is 0.833. The number of hydrogen-bond donors (Lipinski definition) is 2. The molecule has 0 saturated heterocycles. The van der Waals surface area contributed by atoms with E-state index in [-0.39, 0.29) is 39.3 Å². The van der Waals surface area contributed by atoms with Gasteiger partial charge in [0.25, 0.3) is 0 Å². The minimum absolute atomic E-state index is 0.00215. The van der Waals surface area contributed by atoms with Gasteiger partial charge in [0.15, 0.2) is 5.78 Å². The summed E-state index contributed by atoms with van der Waals surface area (Å²) in [6.07, 6.45) is 10.3. The highest BCUT2D eigenvalue weighted by Crippen LogP contribution is 2.75. The second kappa shape index (κ2) is 7.22. The van der Waals surface area contributed by atoms with Gasteiger partial charge in [-0.05, 0) is 90.8 Å². The molecule has 0 aliphatic heterocycles. The lowest BCUT2D eigenvalue weighted by molar-refractivity contribution is -0.181. The van der Waals surface area contributed by atoms with Gasteiger partial charge in [-0.1, -0.05) is 65.3 Å². The van der Waals surface area contributed by atoms with Crippen molar-refractivity contribution in [2.24, 2.45) is 55.4 Å². The molecule has 0 radical (unpaired) electrons. The molecule has 194 valence electrons. The molecule has 7 unspecified atom stereocenters. The summed E-state index contributed by atoms with van der Waals surface area (Å²) in [4.78, 5) is 25.9. The standard InChI is InChI=1S/C30H45NO4/c1-25(2)12-14-30(24(33)34)15-13-28(6)18(19(30)16-25)8-9-22-27(5)17-20(31-35)23(32)26(3,4)21(27)10-11-29(22,28)7/h8,19,21-22,35H,9-17H2,1-7H3,(H,33,34). The molecule has 0 aromatic heterocycles. The lowest BCUT2D eigenvalue weighted by Crippen LogP contribution is -2.65. The van der Waals surface area contributed by atoms with Crippen molar-refractivity contribution in [1.29, 1.82) is 0 Å². The number of Topliss-reactive ketones (excluding diaryl/α,β-unsaturated/α-hetero) is 1. The normalized spacial score (nSPS) is 49.2. The molecule has 7 atom stereocenters. The monoisotopic (exact) mass is 483 g/mol. The maximum Gasteiger partial charge on any atom is 0.310 e. The van der Waals surface area contributed by atoms with E-state index < -0.39 is 16.8 Å². The van der Waals surface area contributed by atoms with E-state index in [0.717, 1.165) is 51.4 Å². The van der Waals surface area contributed by atoms with Gasteiger partial charge in [-0.3, -0.25) is 9.59 Å². The summed E-state index contributed by atoms with van der Waals surface area (Å²) in [5.41, 5.74) is 0.575. The first-order valence-corrected chi connectivity index (χ1v) is 13.8. The van der Waals surface area contributed by atoms with E-state index in [4.69, 9.17) is 0 Å². The largest absolute Gasteiger partial charge is 0.481 e. The summed E-state index contributed by atoms with van der Waals surface area (Å²) >= 11 is 0. The van der Waals surface area contributed by atoms with Crippen LogP contribution in [-0.2, 0) is 9.59 Å². The van der Waals surface area contributed by atoms with Crippen molar-refractivity contribution >= 4 is 17.5 Å². The second-order valence-corrected chi connectivity index (χ2v) is 15.0. The Labute approximate surface area is 210 Å². The minimum Gasteiger partial charge on any atom is -0.481 e. The molecule has 0 amide bonds. The Morgan fingerprint density at radius 1 is 0.971 bits per heavy atom. The van der Waals surface area contributed by atoms with Crippen LogP contribution in [0.1, 0.15) is 106 Å². The van der Waals surface area contributed by atoms with E-state index >= 15 is 0 Å². The van der Waals surface area contributed by atoms with Gasteiger partial charge in [0.2, 0.25) is 0 Å². The number of oxime groups is 1. The number of hydrogen-bond acceptors (Lipinski definition) is 4. The lowest BCUT2D eigenvalue weighted by atomic mass is 9.33. The van der Waals surface area contributed by atoms with Gasteiger partial charge >= 0.3 is 5.97 Å². The van der Waals surface area contributed by atoms with Crippen LogP contribution in [0.5, 0.6) is 0 Å². The lowest BCUT2D eigenvalue weighted by Gasteiger charge is -2.70. The molecule has 5 nitrogen and oxygen atoms in total. The zero-order valence-corrected chi connectivity index (χ0v) is 22.8. The quantitative estimate of drug-likeness (QED) is 0.242. The molecule has 5 heteroatoms. The number of aliphatic carboxylic acids is 1. The van der Waals surface area contributed by atoms with E-state index in [2.05, 4.69) is 45.9 Å². The fourth-order valence-electron chi connectivity index (χ4n) is 10.5. The third kappa shape index (κ3) is 2.96. The van der Waals surface area contributed by atoms with E-state index in [1.54, 1.807) is 0 Å². The maximum absolute atomic E-state index is 13.2. The molecule has 4 saturated carbocycles. The number of carbonyl (C=O) groups excluding carboxylic acids is 1. The van der Waals surface area contributed by atoms with Crippen LogP contribution in [0, 0.1) is 50.2 Å². The summed E-state index contributed by atoms with van der Waals surface area (Å²) in [7, 11) is 0. The first-order valence-electron chi connectivity index (χ1n) is 13.8. The summed E-state index contributed by atoms with van der Waals surface area (Å²) in [6, 6.07) is 0. The van der Waals surface area contributed by atoms with Gasteiger partial charge in [-0.15, -0.1) is 0 Å². The number of carboxylic acid groups (broad SMARTS) is 1. The Morgan fingerprint density at radius 2 is 1.63 bits per heavy atom. The molecule has 0 heterocycles. The number of fused-ring (bicyclic) bond motifs is 7. The number of nitrogens with zero attached hydrogens (tertiary/aromatic N) is 1. The molecule has 2 N–H and O–H groups in total. The van der Waals surface area contributed by atoms with Crippen molar-refractivity contribution in [3.8, 4) is 0 Å². The molecule has 0 spiro atoms. The smallest absolute Gasteiger partial charge is 0.310 e. The van der Waals surface area contributed by atoms with Gasteiger partial charge < -0.3 is 10.3 Å². The SMILES string of the molecule is CC1(C)CCC2(C(=O)O)CCC3(C)C(=CCC4C5(C)CC(=NO)C(=O)C(C)(C)C5CCC43C)C2C1. The Morgan fingerprint density at radius 3 is 2.26 bits per heavy atom. The number of carboxylic acids is 1. The Bertz CT molecular complexity index is 1040. The Hall–Kier alpha value is -1.65. The van der Waals surface area contributed by atoms with Crippen LogP contribution in [0.4, 0.5) is 0 Å². The molecule has 0 aromatic carbocycles. The highest BCUT2D eigenvalue weighted by atomic mass is 16.4. The van der Waals surface area contributed by atoms with Crippen LogP contribution in [-0.4, -0.2) is 27.8 Å². The van der Waals surface area contributed by atoms with Gasteiger partial charge in [0, 0.05) is 11.8 Å². The Balaban J connectivity index is 1.63. The van der Waals surface area contributed by atoms with E-state index in [9.17, 15) is 19.9 Å². The van der Waals surface area contributed by atoms with E-state index in [0.29, 0.717) is 18.1 Å². The van der Waals surface area contributed by atoms with Crippen molar-refractivity contribution in [3.63, 3.8) is 0 Å². The van der Waals surface area contributed by atoms with Gasteiger partial charge in [0.05, 0.1) is 5.41 Å². The predicted molar refractivity (Wildman–Crippen MR) is 136 cm³/mol. The van der Waals surface area contributed by atoms with Crippen LogP contribution < -0.4 is 0 Å². The topological polar surface area (TPSA) is 87.0 Å². The summed E-state index contributed by atoms with van der Waals surface area (Å²) in [6.45, 7) is 15.9. The highest BCUT2D eigenvalue weighted by Gasteiger charge is 2.70. The van der Waals surface area contributed by atoms with Crippen LogP contribution in [0.3, 0.4) is 0 Å². The third-order valence-corrected chi connectivity index (χ3v) is 12.7. The van der Waals surface area contributed by atoms with Crippen molar-refractivity contribution in [2.45, 2.75) is 106 Å². The maximum atomic E-state index is 13.2. The molecular weight excluding hydrogens is 438 g/mol. The molecule has 5 aliphatic rings. The van der Waals surface area contributed by atoms with Gasteiger partial charge in [-0.2, -0.15) is 0 Å². The number of carbonyl (C=O) groups is 2. The molecule has 5 rings (SSSR count). The highest BCUT2D eigenvalue weighted by molar-refractivity contribution is 6.42. The van der Waals surface area contributed by atoms with Gasteiger partial charge in [0.1, 0.15) is 5.71 Å². The summed E-state index contributed by atoms with van der Waals surface area (Å²) in [5, 5.41) is 23.8. The molecule has 4 fully saturated rings. The fourth-order valence-corrected chi connectivity index (χ4v) is 10.5. The molecule has 0 aromatic rings. The molecule has 35 heavy (non-hydrogen) atoms. The zero-order valence-electron chi connectivity index (χ0n) is 22.8. The van der Waals surface area contributed by atoms with E-state index in [1.165, 1.54) is 5.57 Å². The molecule has 0 bridgehead atoms. The Kier molecular flexibility index (Phi) is 5.16. The predicted octanol–water partition coefficient (Wildman–Crippen LogP) is 6.88. The zero-order chi connectivity index (χ0) is 25.8. The van der Waals surface area contributed by atoms with E-state index in [1.807, 2.05) is 13.8 Å². The van der Waals surface area contributed by atoms with Crippen molar-refractivity contribution in [1.82, 2.24) is 0 Å². The van der Waals surface area contributed by atoms with Crippen molar-refractivity contribution < 1.29 is 19.9 Å². The first kappa shape index (κ1) is 25.0. The van der Waals surface area contributed by atoms with Gasteiger partial charge in [-0.25, -0.2) is 0 Å². The average molecular weight is 484 g/mol. The van der Waals surface area contributed by atoms with Crippen LogP contribution in [0.15, 0.2) is 16.8 Å². The average Bonchev–Trinajstić information content (AvgIpc) is 2.76. The van der Waals surface area contributed by atoms with Crippen LogP contribution in [0.25, 0.3) is 0 Å². The molecular formula is C30H45NO4. The first-order chi connectivity index (χ1) is 16.1. The number of rotatable bonds is 1. The summed E-state index contributed by atoms with van der Waals surface area (Å²) < 4.78 is 0. The summed E-state index contributed by atoms with van der Waals surface area (Å²) in [5.74, 6) is 0.114.